The molecule has 2 aromatic carbocycles. The van der Waals surface area contributed by atoms with Crippen molar-refractivity contribution in [3.8, 4) is 11.4 Å². The second-order valence-corrected chi connectivity index (χ2v) is 6.42. The van der Waals surface area contributed by atoms with Crippen LogP contribution in [0.3, 0.4) is 0 Å². The quantitative estimate of drug-likeness (QED) is 0.395. The van der Waals surface area contributed by atoms with Gasteiger partial charge in [0, 0.05) is 12.6 Å². The number of hydrogen-bond donors (Lipinski definition) is 2. The van der Waals surface area contributed by atoms with Crippen molar-refractivity contribution in [3.05, 3.63) is 76.2 Å². The average molecular weight is 395 g/mol. The Balaban J connectivity index is 1.76. The Bertz CT molecular complexity index is 1070. The minimum atomic E-state index is -0.0927. The standard InChI is InChI=1S/C20H21N5O2S/c1-14-17(24(2)25(19(14)26)15-9-5-4-6-10-15)13-21-23-20(28)22-16-11-7-8-12-18(16)27-3/h4-13H,1-3H3,(H2,22,23,28)/b21-13-. The summed E-state index contributed by atoms with van der Waals surface area (Å²) in [5.74, 6) is 0.675. The number of aromatic nitrogens is 2. The first-order valence-corrected chi connectivity index (χ1v) is 9.01. The summed E-state index contributed by atoms with van der Waals surface area (Å²) in [6.45, 7) is 1.77. The second kappa shape index (κ2) is 8.53. The van der Waals surface area contributed by atoms with Crippen LogP contribution in [0.2, 0.25) is 0 Å². The van der Waals surface area contributed by atoms with Crippen LogP contribution in [0.1, 0.15) is 11.3 Å². The van der Waals surface area contributed by atoms with E-state index < -0.39 is 0 Å². The molecular formula is C20H21N5O2S. The molecule has 0 unspecified atom stereocenters. The zero-order valence-corrected chi connectivity index (χ0v) is 16.7. The molecule has 0 saturated heterocycles. The van der Waals surface area contributed by atoms with E-state index in [0.29, 0.717) is 22.1 Å². The molecule has 0 radical (unpaired) electrons. The fourth-order valence-electron chi connectivity index (χ4n) is 2.85. The maximum atomic E-state index is 12.6. The molecule has 144 valence electrons. The molecule has 0 atom stereocenters. The van der Waals surface area contributed by atoms with Crippen LogP contribution in [0.4, 0.5) is 5.69 Å². The number of anilines is 1. The molecule has 3 aromatic rings. The zero-order valence-electron chi connectivity index (χ0n) is 15.8. The van der Waals surface area contributed by atoms with Crippen molar-refractivity contribution < 1.29 is 4.74 Å². The van der Waals surface area contributed by atoms with Gasteiger partial charge in [0.1, 0.15) is 5.75 Å². The van der Waals surface area contributed by atoms with Crippen molar-refractivity contribution >= 4 is 29.2 Å². The molecule has 8 heteroatoms. The van der Waals surface area contributed by atoms with Gasteiger partial charge in [-0.1, -0.05) is 30.3 Å². The van der Waals surface area contributed by atoms with Crippen molar-refractivity contribution in [1.29, 1.82) is 0 Å². The number of para-hydroxylation sites is 3. The molecule has 7 nitrogen and oxygen atoms in total. The van der Waals surface area contributed by atoms with Crippen LogP contribution in [0.5, 0.6) is 5.75 Å². The number of nitrogens with one attached hydrogen (secondary N) is 2. The van der Waals surface area contributed by atoms with Crippen LogP contribution in [-0.4, -0.2) is 27.8 Å². The van der Waals surface area contributed by atoms with Crippen molar-refractivity contribution in [3.63, 3.8) is 0 Å². The van der Waals surface area contributed by atoms with Gasteiger partial charge >= 0.3 is 0 Å². The molecule has 0 bridgehead atoms. The molecule has 28 heavy (non-hydrogen) atoms. The van der Waals surface area contributed by atoms with Crippen LogP contribution in [0.15, 0.2) is 64.5 Å². The van der Waals surface area contributed by atoms with Crippen LogP contribution >= 0.6 is 12.2 Å². The Labute approximate surface area is 168 Å². The summed E-state index contributed by atoms with van der Waals surface area (Å²) in [7, 11) is 3.41. The lowest BCUT2D eigenvalue weighted by atomic mass is 10.3. The first kappa shape index (κ1) is 19.4. The highest BCUT2D eigenvalue weighted by atomic mass is 32.1. The molecular weight excluding hydrogens is 374 g/mol. The van der Waals surface area contributed by atoms with Crippen molar-refractivity contribution in [2.24, 2.45) is 12.1 Å². The van der Waals surface area contributed by atoms with Crippen molar-refractivity contribution in [2.75, 3.05) is 12.4 Å². The lowest BCUT2D eigenvalue weighted by Gasteiger charge is -2.11. The van der Waals surface area contributed by atoms with E-state index in [-0.39, 0.29) is 5.56 Å². The van der Waals surface area contributed by atoms with Gasteiger partial charge in [-0.2, -0.15) is 5.10 Å². The Morgan fingerprint density at radius 2 is 1.82 bits per heavy atom. The highest BCUT2D eigenvalue weighted by Gasteiger charge is 2.14. The van der Waals surface area contributed by atoms with Gasteiger partial charge in [0.2, 0.25) is 0 Å². The van der Waals surface area contributed by atoms with Crippen molar-refractivity contribution in [1.82, 2.24) is 14.8 Å². The van der Waals surface area contributed by atoms with E-state index in [0.717, 1.165) is 11.4 Å². The number of rotatable bonds is 5. The molecule has 1 heterocycles. The molecule has 0 aliphatic carbocycles. The van der Waals surface area contributed by atoms with Gasteiger partial charge in [-0.05, 0) is 43.4 Å². The third-order valence-electron chi connectivity index (χ3n) is 4.25. The van der Waals surface area contributed by atoms with Gasteiger partial charge in [0.05, 0.1) is 30.4 Å². The SMILES string of the molecule is COc1ccccc1NC(=S)N/N=C\c1c(C)c(=O)n(-c2ccccc2)n1C. The highest BCUT2D eigenvalue weighted by molar-refractivity contribution is 7.80. The molecule has 1 aromatic heterocycles. The zero-order chi connectivity index (χ0) is 20.1. The van der Waals surface area contributed by atoms with E-state index in [9.17, 15) is 4.79 Å². The normalized spacial score (nSPS) is 10.8. The smallest absolute Gasteiger partial charge is 0.274 e. The topological polar surface area (TPSA) is 72.6 Å². The molecule has 2 N–H and O–H groups in total. The van der Waals surface area contributed by atoms with Gasteiger partial charge < -0.3 is 10.1 Å². The monoisotopic (exact) mass is 395 g/mol. The lowest BCUT2D eigenvalue weighted by molar-refractivity contribution is 0.417. The van der Waals surface area contributed by atoms with Crippen LogP contribution in [-0.2, 0) is 7.05 Å². The van der Waals surface area contributed by atoms with E-state index in [1.165, 1.54) is 0 Å². The van der Waals surface area contributed by atoms with Gasteiger partial charge in [-0.3, -0.25) is 14.9 Å². The second-order valence-electron chi connectivity index (χ2n) is 6.01. The molecule has 0 saturated carbocycles. The Kier molecular flexibility index (Phi) is 5.90. The number of ether oxygens (including phenoxy) is 1. The van der Waals surface area contributed by atoms with Gasteiger partial charge in [0.15, 0.2) is 5.11 Å². The van der Waals surface area contributed by atoms with Gasteiger partial charge in [0.25, 0.3) is 5.56 Å². The first-order valence-electron chi connectivity index (χ1n) is 8.60. The van der Waals surface area contributed by atoms with E-state index in [1.54, 1.807) is 29.6 Å². The fourth-order valence-corrected chi connectivity index (χ4v) is 3.01. The summed E-state index contributed by atoms with van der Waals surface area (Å²) >= 11 is 5.27. The van der Waals surface area contributed by atoms with E-state index in [1.807, 2.05) is 61.6 Å². The fraction of sp³-hybridized carbons (Fsp3) is 0.150. The van der Waals surface area contributed by atoms with Crippen LogP contribution in [0.25, 0.3) is 5.69 Å². The highest BCUT2D eigenvalue weighted by Crippen LogP contribution is 2.22. The molecule has 3 rings (SSSR count). The Hall–Kier alpha value is -3.39. The summed E-state index contributed by atoms with van der Waals surface area (Å²) in [5, 5.41) is 7.51. The van der Waals surface area contributed by atoms with Crippen molar-refractivity contribution in [2.45, 2.75) is 6.92 Å². The summed E-state index contributed by atoms with van der Waals surface area (Å²) in [4.78, 5) is 12.6. The maximum absolute atomic E-state index is 12.6. The first-order chi connectivity index (χ1) is 13.5. The van der Waals surface area contributed by atoms with Crippen LogP contribution < -0.4 is 21.0 Å². The number of benzene rings is 2. The third-order valence-corrected chi connectivity index (χ3v) is 4.45. The van der Waals surface area contributed by atoms with Crippen LogP contribution in [0, 0.1) is 6.92 Å². The molecule has 0 aliphatic heterocycles. The Morgan fingerprint density at radius 1 is 1.14 bits per heavy atom. The number of thiocarbonyl (C=S) groups is 1. The summed E-state index contributed by atoms with van der Waals surface area (Å²) in [6, 6.07) is 16.9. The predicted molar refractivity (Wildman–Crippen MR) is 116 cm³/mol. The largest absolute Gasteiger partial charge is 0.495 e. The predicted octanol–water partition coefficient (Wildman–Crippen LogP) is 2.81. The average Bonchev–Trinajstić information content (AvgIpc) is 2.92. The molecule has 0 spiro atoms. The summed E-state index contributed by atoms with van der Waals surface area (Å²) < 4.78 is 8.64. The van der Waals surface area contributed by atoms with Gasteiger partial charge in [-0.15, -0.1) is 0 Å². The third kappa shape index (κ3) is 3.96. The number of hydrazone groups is 1. The number of methoxy groups -OCH3 is 1. The molecule has 0 amide bonds. The molecule has 0 aliphatic rings. The number of nitrogens with zero attached hydrogens (tertiary/aromatic N) is 3. The van der Waals surface area contributed by atoms with E-state index >= 15 is 0 Å². The van der Waals surface area contributed by atoms with Gasteiger partial charge in [-0.25, -0.2) is 4.68 Å². The minimum Gasteiger partial charge on any atom is -0.495 e. The summed E-state index contributed by atoms with van der Waals surface area (Å²) in [6.07, 6.45) is 1.58. The summed E-state index contributed by atoms with van der Waals surface area (Å²) in [5.41, 5.74) is 5.47. The lowest BCUT2D eigenvalue weighted by Crippen LogP contribution is -2.24. The maximum Gasteiger partial charge on any atom is 0.274 e. The minimum absolute atomic E-state index is 0.0927. The molecule has 0 fully saturated rings. The van der Waals surface area contributed by atoms with E-state index in [4.69, 9.17) is 17.0 Å². The Morgan fingerprint density at radius 3 is 2.54 bits per heavy atom. The van der Waals surface area contributed by atoms with E-state index in [2.05, 4.69) is 15.8 Å². The number of hydrogen-bond acceptors (Lipinski definition) is 4.